The van der Waals surface area contributed by atoms with E-state index >= 15 is 0 Å². The second kappa shape index (κ2) is 14.0. The van der Waals surface area contributed by atoms with E-state index in [1.165, 1.54) is 33.1 Å². The number of unbranched alkanes of at least 4 members (excludes halogenated alkanes) is 3. The molecule has 108 valence electrons. The third kappa shape index (κ3) is 17.3. The van der Waals surface area contributed by atoms with Gasteiger partial charge in [-0.15, -0.1) is 0 Å². The van der Waals surface area contributed by atoms with Crippen molar-refractivity contribution in [1.82, 2.24) is 0 Å². The maximum atomic E-state index is 10.3. The SMILES string of the molecule is CCCCCCOC(C)=O.CCOC(=O)C(C)O. The van der Waals surface area contributed by atoms with Crippen LogP contribution in [0.25, 0.3) is 0 Å². The van der Waals surface area contributed by atoms with E-state index in [0.29, 0.717) is 13.2 Å². The molecular weight excluding hydrogens is 236 g/mol. The molecule has 5 nitrogen and oxygen atoms in total. The molecule has 1 unspecified atom stereocenters. The van der Waals surface area contributed by atoms with Gasteiger partial charge in [0.2, 0.25) is 0 Å². The summed E-state index contributed by atoms with van der Waals surface area (Å²) in [6, 6.07) is 0. The Labute approximate surface area is 109 Å². The van der Waals surface area contributed by atoms with Crippen molar-refractivity contribution in [3.05, 3.63) is 0 Å². The highest BCUT2D eigenvalue weighted by Crippen LogP contribution is 1.98. The predicted octanol–water partition coefficient (Wildman–Crippen LogP) is 2.06. The molecule has 0 bridgehead atoms. The number of hydrogen-bond acceptors (Lipinski definition) is 5. The first kappa shape index (κ1) is 19.2. The van der Waals surface area contributed by atoms with E-state index in [4.69, 9.17) is 9.84 Å². The third-order valence-corrected chi connectivity index (χ3v) is 1.93. The average molecular weight is 262 g/mol. The van der Waals surface area contributed by atoms with Crippen molar-refractivity contribution in [2.45, 2.75) is 59.5 Å². The molecule has 0 fully saturated rings. The first-order valence-corrected chi connectivity index (χ1v) is 6.43. The first-order valence-electron chi connectivity index (χ1n) is 6.43. The maximum absolute atomic E-state index is 10.3. The van der Waals surface area contributed by atoms with Crippen molar-refractivity contribution in [1.29, 1.82) is 0 Å². The van der Waals surface area contributed by atoms with Crippen molar-refractivity contribution in [3.8, 4) is 0 Å². The molecule has 18 heavy (non-hydrogen) atoms. The minimum Gasteiger partial charge on any atom is -0.466 e. The van der Waals surface area contributed by atoms with Crippen LogP contribution in [0.4, 0.5) is 0 Å². The van der Waals surface area contributed by atoms with E-state index < -0.39 is 12.1 Å². The Balaban J connectivity index is 0. The van der Waals surface area contributed by atoms with E-state index in [2.05, 4.69) is 11.7 Å². The quantitative estimate of drug-likeness (QED) is 0.561. The van der Waals surface area contributed by atoms with E-state index in [1.54, 1.807) is 6.92 Å². The number of ether oxygens (including phenoxy) is 2. The highest BCUT2D eigenvalue weighted by molar-refractivity contribution is 5.73. The van der Waals surface area contributed by atoms with Gasteiger partial charge in [0, 0.05) is 6.92 Å². The highest BCUT2D eigenvalue weighted by Gasteiger charge is 2.07. The molecule has 0 amide bonds. The summed E-state index contributed by atoms with van der Waals surface area (Å²) < 4.78 is 9.16. The lowest BCUT2D eigenvalue weighted by Gasteiger charge is -2.01. The van der Waals surface area contributed by atoms with Crippen LogP contribution in [0.3, 0.4) is 0 Å². The summed E-state index contributed by atoms with van der Waals surface area (Å²) in [5.74, 6) is -0.732. The number of rotatable bonds is 7. The van der Waals surface area contributed by atoms with Crippen molar-refractivity contribution < 1.29 is 24.2 Å². The lowest BCUT2D eigenvalue weighted by Crippen LogP contribution is -2.18. The second-order valence-electron chi connectivity index (χ2n) is 3.83. The Kier molecular flexibility index (Phi) is 14.9. The zero-order valence-electron chi connectivity index (χ0n) is 11.9. The van der Waals surface area contributed by atoms with E-state index in [9.17, 15) is 9.59 Å². The molecule has 5 heteroatoms. The van der Waals surface area contributed by atoms with Crippen molar-refractivity contribution in [2.24, 2.45) is 0 Å². The normalized spacial score (nSPS) is 10.9. The van der Waals surface area contributed by atoms with Gasteiger partial charge < -0.3 is 14.6 Å². The number of carbonyl (C=O) groups is 2. The van der Waals surface area contributed by atoms with Crippen LogP contribution in [-0.4, -0.2) is 36.4 Å². The second-order valence-corrected chi connectivity index (χ2v) is 3.83. The van der Waals surface area contributed by atoms with Crippen molar-refractivity contribution in [2.75, 3.05) is 13.2 Å². The number of carbonyl (C=O) groups excluding carboxylic acids is 2. The third-order valence-electron chi connectivity index (χ3n) is 1.93. The van der Waals surface area contributed by atoms with E-state index in [-0.39, 0.29) is 5.97 Å². The summed E-state index contributed by atoms with van der Waals surface area (Å²) in [6.45, 7) is 7.59. The van der Waals surface area contributed by atoms with Crippen LogP contribution >= 0.6 is 0 Å². The molecule has 1 N–H and O–H groups in total. The minimum absolute atomic E-state index is 0.170. The van der Waals surface area contributed by atoms with Gasteiger partial charge in [0.1, 0.15) is 6.10 Å². The van der Waals surface area contributed by atoms with E-state index in [0.717, 1.165) is 6.42 Å². The summed E-state index contributed by atoms with van der Waals surface area (Å²) in [4.78, 5) is 20.5. The van der Waals surface area contributed by atoms with Crippen molar-refractivity contribution in [3.63, 3.8) is 0 Å². The van der Waals surface area contributed by atoms with Crippen LogP contribution < -0.4 is 0 Å². The molecule has 0 saturated heterocycles. The molecule has 0 saturated carbocycles. The molecule has 0 aromatic carbocycles. The fraction of sp³-hybridized carbons (Fsp3) is 0.846. The van der Waals surface area contributed by atoms with Crippen molar-refractivity contribution >= 4 is 11.9 Å². The molecule has 0 aromatic rings. The Bertz CT molecular complexity index is 213. The van der Waals surface area contributed by atoms with Gasteiger partial charge in [0.05, 0.1) is 13.2 Å². The standard InChI is InChI=1S/C8H16O2.C5H10O3/c1-3-4-5-6-7-10-8(2)9;1-3-8-5(7)4(2)6/h3-7H2,1-2H3;4,6H,3H2,1-2H3. The Morgan fingerprint density at radius 1 is 1.11 bits per heavy atom. The van der Waals surface area contributed by atoms with Gasteiger partial charge in [-0.3, -0.25) is 4.79 Å². The monoisotopic (exact) mass is 262 g/mol. The molecule has 0 aliphatic heterocycles. The molecule has 0 heterocycles. The Morgan fingerprint density at radius 3 is 2.06 bits per heavy atom. The van der Waals surface area contributed by atoms with Crippen LogP contribution in [0.15, 0.2) is 0 Å². The number of aliphatic hydroxyl groups excluding tert-OH is 1. The molecule has 0 radical (unpaired) electrons. The highest BCUT2D eigenvalue weighted by atomic mass is 16.5. The molecule has 0 aliphatic rings. The van der Waals surface area contributed by atoms with Gasteiger partial charge in [-0.1, -0.05) is 26.2 Å². The zero-order chi connectivity index (χ0) is 14.4. The summed E-state index contributed by atoms with van der Waals surface area (Å²) in [5.41, 5.74) is 0. The molecule has 0 aliphatic carbocycles. The van der Waals surface area contributed by atoms with Gasteiger partial charge in [0.15, 0.2) is 0 Å². The van der Waals surface area contributed by atoms with Crippen LogP contribution in [0.2, 0.25) is 0 Å². The Hall–Kier alpha value is -1.10. The fourth-order valence-corrected chi connectivity index (χ4v) is 1.01. The minimum atomic E-state index is -0.991. The van der Waals surface area contributed by atoms with Crippen LogP contribution in [-0.2, 0) is 19.1 Å². The summed E-state index contributed by atoms with van der Waals surface area (Å²) in [7, 11) is 0. The van der Waals surface area contributed by atoms with Crippen LogP contribution in [0, 0.1) is 0 Å². The predicted molar refractivity (Wildman–Crippen MR) is 69.1 cm³/mol. The maximum Gasteiger partial charge on any atom is 0.334 e. The van der Waals surface area contributed by atoms with Gasteiger partial charge in [0.25, 0.3) is 0 Å². The summed E-state index contributed by atoms with van der Waals surface area (Å²) in [6.07, 6.45) is 3.65. The lowest BCUT2D eigenvalue weighted by atomic mass is 10.2. The van der Waals surface area contributed by atoms with Crippen LogP contribution in [0.1, 0.15) is 53.4 Å². The molecule has 1 atom stereocenters. The molecule has 0 aromatic heterocycles. The van der Waals surface area contributed by atoms with Gasteiger partial charge in [-0.05, 0) is 20.3 Å². The summed E-state index contributed by atoms with van der Waals surface area (Å²) >= 11 is 0. The van der Waals surface area contributed by atoms with Gasteiger partial charge >= 0.3 is 11.9 Å². The topological polar surface area (TPSA) is 72.8 Å². The smallest absolute Gasteiger partial charge is 0.334 e. The van der Waals surface area contributed by atoms with E-state index in [1.807, 2.05) is 0 Å². The largest absolute Gasteiger partial charge is 0.466 e. The Morgan fingerprint density at radius 2 is 1.72 bits per heavy atom. The molecule has 0 rings (SSSR count). The number of hydrogen-bond donors (Lipinski definition) is 1. The average Bonchev–Trinajstić information content (AvgIpc) is 2.29. The lowest BCUT2D eigenvalue weighted by molar-refractivity contribution is -0.151. The molecular formula is C13H26O5. The van der Waals surface area contributed by atoms with Gasteiger partial charge in [-0.2, -0.15) is 0 Å². The number of aliphatic hydroxyl groups is 1. The fourth-order valence-electron chi connectivity index (χ4n) is 1.01. The number of esters is 2. The first-order chi connectivity index (χ1) is 8.45. The molecule has 0 spiro atoms. The van der Waals surface area contributed by atoms with Gasteiger partial charge in [-0.25, -0.2) is 4.79 Å². The summed E-state index contributed by atoms with van der Waals surface area (Å²) in [5, 5.41) is 8.48. The zero-order valence-corrected chi connectivity index (χ0v) is 11.9. The van der Waals surface area contributed by atoms with Crippen LogP contribution in [0.5, 0.6) is 0 Å².